The van der Waals surface area contributed by atoms with E-state index in [1.54, 1.807) is 25.2 Å². The van der Waals surface area contributed by atoms with E-state index in [1.165, 1.54) is 0 Å². The summed E-state index contributed by atoms with van der Waals surface area (Å²) in [6, 6.07) is 5.43. The first kappa shape index (κ1) is 16.3. The number of rotatable bonds is 8. The Morgan fingerprint density at radius 1 is 1.30 bits per heavy atom. The van der Waals surface area contributed by atoms with Crippen molar-refractivity contribution in [1.29, 1.82) is 0 Å². The average molecular weight is 281 g/mol. The number of aliphatic hydroxyl groups is 1. The molecule has 0 radical (unpaired) electrons. The van der Waals surface area contributed by atoms with Crippen molar-refractivity contribution in [3.05, 3.63) is 23.8 Å². The Labute approximate surface area is 120 Å². The van der Waals surface area contributed by atoms with E-state index in [0.717, 1.165) is 5.56 Å². The van der Waals surface area contributed by atoms with E-state index >= 15 is 0 Å². The summed E-state index contributed by atoms with van der Waals surface area (Å²) in [4.78, 5) is 14.0. The van der Waals surface area contributed by atoms with Crippen LogP contribution in [0.2, 0.25) is 0 Å². The molecule has 0 spiro atoms. The zero-order chi connectivity index (χ0) is 15.0. The van der Waals surface area contributed by atoms with Crippen LogP contribution in [0.3, 0.4) is 0 Å². The molecular weight excluding hydrogens is 258 g/mol. The second-order valence-electron chi connectivity index (χ2n) is 4.41. The Balaban J connectivity index is 2.78. The lowest BCUT2D eigenvalue weighted by atomic mass is 10.1. The van der Waals surface area contributed by atoms with E-state index in [0.29, 0.717) is 31.0 Å². The normalized spacial score (nSPS) is 10.2. The molecule has 20 heavy (non-hydrogen) atoms. The molecule has 1 amide bonds. The summed E-state index contributed by atoms with van der Waals surface area (Å²) in [5.41, 5.74) is 0.834. The Morgan fingerprint density at radius 3 is 2.60 bits per heavy atom. The number of carbonyl (C=O) groups is 1. The van der Waals surface area contributed by atoms with Crippen LogP contribution in [-0.2, 0) is 11.2 Å². The molecule has 0 fully saturated rings. The van der Waals surface area contributed by atoms with Crippen LogP contribution >= 0.6 is 0 Å². The minimum Gasteiger partial charge on any atom is -0.497 e. The standard InChI is InChI=1S/C15H23NO4/c1-4-16(8-5-9-17)15(18)10-12-6-7-13(19-2)11-14(12)20-3/h6-7,11,17H,4-5,8-10H2,1-3H3. The number of aliphatic hydroxyl groups excluding tert-OH is 1. The number of hydrogen-bond acceptors (Lipinski definition) is 4. The number of benzene rings is 1. The van der Waals surface area contributed by atoms with Crippen LogP contribution in [0.4, 0.5) is 0 Å². The monoisotopic (exact) mass is 281 g/mol. The molecule has 0 bridgehead atoms. The van der Waals surface area contributed by atoms with Crippen LogP contribution in [0.1, 0.15) is 18.9 Å². The molecule has 1 rings (SSSR count). The molecule has 0 aliphatic rings. The SMILES string of the molecule is CCN(CCCO)C(=O)Cc1ccc(OC)cc1OC. The topological polar surface area (TPSA) is 59.0 Å². The smallest absolute Gasteiger partial charge is 0.227 e. The molecule has 5 nitrogen and oxygen atoms in total. The van der Waals surface area contributed by atoms with Gasteiger partial charge in [-0.05, 0) is 19.4 Å². The lowest BCUT2D eigenvalue weighted by molar-refractivity contribution is -0.130. The first-order chi connectivity index (χ1) is 9.65. The third-order valence-electron chi connectivity index (χ3n) is 3.16. The predicted molar refractivity (Wildman–Crippen MR) is 77.2 cm³/mol. The molecule has 1 N–H and O–H groups in total. The number of methoxy groups -OCH3 is 2. The first-order valence-corrected chi connectivity index (χ1v) is 6.75. The Bertz CT molecular complexity index is 434. The summed E-state index contributed by atoms with van der Waals surface area (Å²) in [5, 5.41) is 8.85. The Morgan fingerprint density at radius 2 is 2.05 bits per heavy atom. The maximum atomic E-state index is 12.2. The van der Waals surface area contributed by atoms with Gasteiger partial charge in [0.2, 0.25) is 5.91 Å². The summed E-state index contributed by atoms with van der Waals surface area (Å²) < 4.78 is 10.4. The van der Waals surface area contributed by atoms with E-state index in [-0.39, 0.29) is 18.9 Å². The maximum Gasteiger partial charge on any atom is 0.227 e. The molecule has 0 atom stereocenters. The molecule has 0 unspecified atom stereocenters. The second kappa shape index (κ2) is 8.43. The predicted octanol–water partition coefficient (Wildman–Crippen LogP) is 1.48. The zero-order valence-electron chi connectivity index (χ0n) is 12.4. The van der Waals surface area contributed by atoms with Crippen molar-refractivity contribution < 1.29 is 19.4 Å². The van der Waals surface area contributed by atoms with E-state index in [1.807, 2.05) is 19.1 Å². The van der Waals surface area contributed by atoms with Crippen LogP contribution in [0, 0.1) is 0 Å². The lowest BCUT2D eigenvalue weighted by Gasteiger charge is -2.21. The summed E-state index contributed by atoms with van der Waals surface area (Å²) in [5.74, 6) is 1.38. The van der Waals surface area contributed by atoms with Gasteiger partial charge in [0.05, 0.1) is 20.6 Å². The Kier molecular flexibility index (Phi) is 6.87. The van der Waals surface area contributed by atoms with Gasteiger partial charge in [0.1, 0.15) is 11.5 Å². The van der Waals surface area contributed by atoms with Crippen LogP contribution in [0.5, 0.6) is 11.5 Å². The maximum absolute atomic E-state index is 12.2. The van der Waals surface area contributed by atoms with Crippen molar-refractivity contribution in [3.8, 4) is 11.5 Å². The molecule has 112 valence electrons. The summed E-state index contributed by atoms with van der Waals surface area (Å²) in [7, 11) is 3.17. The third-order valence-corrected chi connectivity index (χ3v) is 3.16. The molecule has 1 aromatic rings. The van der Waals surface area contributed by atoms with Gasteiger partial charge < -0.3 is 19.5 Å². The van der Waals surface area contributed by atoms with Crippen LogP contribution in [-0.4, -0.2) is 49.8 Å². The fraction of sp³-hybridized carbons (Fsp3) is 0.533. The third kappa shape index (κ3) is 4.42. The number of nitrogens with zero attached hydrogens (tertiary/aromatic N) is 1. The average Bonchev–Trinajstić information content (AvgIpc) is 2.48. The van der Waals surface area contributed by atoms with Gasteiger partial charge in [0.25, 0.3) is 0 Å². The molecule has 0 saturated heterocycles. The summed E-state index contributed by atoms with van der Waals surface area (Å²) >= 11 is 0. The van der Waals surface area contributed by atoms with Crippen molar-refractivity contribution in [2.24, 2.45) is 0 Å². The van der Waals surface area contributed by atoms with E-state index in [2.05, 4.69) is 0 Å². The van der Waals surface area contributed by atoms with Gasteiger partial charge in [0.15, 0.2) is 0 Å². The summed E-state index contributed by atoms with van der Waals surface area (Å²) in [6.07, 6.45) is 0.881. The molecule has 5 heteroatoms. The first-order valence-electron chi connectivity index (χ1n) is 6.75. The molecule has 0 aliphatic heterocycles. The van der Waals surface area contributed by atoms with Gasteiger partial charge in [-0.1, -0.05) is 6.07 Å². The number of hydrogen-bond donors (Lipinski definition) is 1. The lowest BCUT2D eigenvalue weighted by Crippen LogP contribution is -2.33. The van der Waals surface area contributed by atoms with Crippen molar-refractivity contribution in [3.63, 3.8) is 0 Å². The Hall–Kier alpha value is -1.75. The highest BCUT2D eigenvalue weighted by molar-refractivity contribution is 5.79. The van der Waals surface area contributed by atoms with Gasteiger partial charge >= 0.3 is 0 Å². The van der Waals surface area contributed by atoms with Crippen molar-refractivity contribution in [2.45, 2.75) is 19.8 Å². The fourth-order valence-electron chi connectivity index (χ4n) is 1.99. The fourth-order valence-corrected chi connectivity index (χ4v) is 1.99. The molecule has 0 aromatic heterocycles. The van der Waals surface area contributed by atoms with E-state index < -0.39 is 0 Å². The van der Waals surface area contributed by atoms with Crippen LogP contribution in [0.15, 0.2) is 18.2 Å². The molecule has 0 saturated carbocycles. The quantitative estimate of drug-likeness (QED) is 0.784. The van der Waals surface area contributed by atoms with Crippen molar-refractivity contribution >= 4 is 5.91 Å². The van der Waals surface area contributed by atoms with Gasteiger partial charge in [-0.15, -0.1) is 0 Å². The van der Waals surface area contributed by atoms with Gasteiger partial charge in [-0.3, -0.25) is 4.79 Å². The molecule has 0 heterocycles. The van der Waals surface area contributed by atoms with E-state index in [9.17, 15) is 4.79 Å². The number of amides is 1. The van der Waals surface area contributed by atoms with E-state index in [4.69, 9.17) is 14.6 Å². The minimum atomic E-state index is 0.0319. The van der Waals surface area contributed by atoms with Crippen molar-refractivity contribution in [2.75, 3.05) is 33.9 Å². The highest BCUT2D eigenvalue weighted by Gasteiger charge is 2.15. The van der Waals surface area contributed by atoms with Gasteiger partial charge in [0, 0.05) is 31.3 Å². The van der Waals surface area contributed by atoms with Crippen LogP contribution < -0.4 is 9.47 Å². The highest BCUT2D eigenvalue weighted by atomic mass is 16.5. The number of ether oxygens (including phenoxy) is 2. The van der Waals surface area contributed by atoms with Crippen LogP contribution in [0.25, 0.3) is 0 Å². The molecule has 0 aliphatic carbocycles. The largest absolute Gasteiger partial charge is 0.497 e. The zero-order valence-corrected chi connectivity index (χ0v) is 12.4. The highest BCUT2D eigenvalue weighted by Crippen LogP contribution is 2.25. The second-order valence-corrected chi connectivity index (χ2v) is 4.41. The summed E-state index contributed by atoms with van der Waals surface area (Å²) in [6.45, 7) is 3.23. The number of likely N-dealkylation sites (N-methyl/N-ethyl adjacent to an activating group) is 1. The van der Waals surface area contributed by atoms with Gasteiger partial charge in [-0.25, -0.2) is 0 Å². The minimum absolute atomic E-state index is 0.0319. The molecular formula is C15H23NO4. The number of carbonyl (C=O) groups excluding carboxylic acids is 1. The van der Waals surface area contributed by atoms with Crippen molar-refractivity contribution in [1.82, 2.24) is 4.90 Å². The van der Waals surface area contributed by atoms with Gasteiger partial charge in [-0.2, -0.15) is 0 Å². The molecule has 1 aromatic carbocycles.